The Morgan fingerprint density at radius 3 is 1.98 bits per heavy atom. The second kappa shape index (κ2) is 14.3. The first-order valence-electron chi connectivity index (χ1n) is 15.7. The lowest BCUT2D eigenvalue weighted by atomic mass is 9.65. The number of ether oxygens (including phenoxy) is 1. The van der Waals surface area contributed by atoms with Crippen molar-refractivity contribution >= 4 is 0 Å². The van der Waals surface area contributed by atoms with Crippen molar-refractivity contribution in [2.45, 2.75) is 119 Å². The molecule has 0 amide bonds. The molecule has 3 rings (SSSR count). The highest BCUT2D eigenvalue weighted by Crippen LogP contribution is 2.52. The molecule has 0 aromatic carbocycles. The fourth-order valence-electron chi connectivity index (χ4n) is 6.84. The minimum atomic E-state index is -0.384. The molecule has 1 aliphatic heterocycles. The van der Waals surface area contributed by atoms with Crippen LogP contribution in [-0.2, 0) is 4.74 Å². The van der Waals surface area contributed by atoms with E-state index in [0.717, 1.165) is 41.6 Å². The average molecular weight is 583 g/mol. The van der Waals surface area contributed by atoms with Gasteiger partial charge in [-0.2, -0.15) is 0 Å². The van der Waals surface area contributed by atoms with Crippen LogP contribution in [0.4, 0.5) is 0 Å². The van der Waals surface area contributed by atoms with Crippen LogP contribution in [0.3, 0.4) is 0 Å². The lowest BCUT2D eigenvalue weighted by molar-refractivity contribution is -0.0683. The van der Waals surface area contributed by atoms with Crippen molar-refractivity contribution in [2.24, 2.45) is 10.8 Å². The Bertz CT molecular complexity index is 1390. The Morgan fingerprint density at radius 2 is 1.37 bits per heavy atom. The second-order valence-electron chi connectivity index (χ2n) is 14.3. The van der Waals surface area contributed by atoms with Crippen molar-refractivity contribution in [1.29, 1.82) is 0 Å². The van der Waals surface area contributed by atoms with E-state index < -0.39 is 0 Å². The number of aliphatic hydroxyl groups excluding tert-OH is 2. The summed E-state index contributed by atoms with van der Waals surface area (Å²) in [6.07, 6.45) is 25.4. The van der Waals surface area contributed by atoms with Gasteiger partial charge in [0.05, 0.1) is 23.9 Å². The topological polar surface area (TPSA) is 49.7 Å². The normalized spacial score (nSPS) is 30.2. The molecule has 3 aliphatic rings. The van der Waals surface area contributed by atoms with E-state index in [1.165, 1.54) is 16.7 Å². The van der Waals surface area contributed by atoms with Gasteiger partial charge in [0.15, 0.2) is 0 Å². The van der Waals surface area contributed by atoms with Gasteiger partial charge in [-0.25, -0.2) is 0 Å². The van der Waals surface area contributed by atoms with E-state index in [1.54, 1.807) is 0 Å². The lowest BCUT2D eigenvalue weighted by Crippen LogP contribution is -2.45. The first-order valence-corrected chi connectivity index (χ1v) is 15.7. The molecule has 3 heteroatoms. The molecule has 4 atom stereocenters. The third-order valence-corrected chi connectivity index (χ3v) is 8.85. The number of rotatable bonds is 7. The van der Waals surface area contributed by atoms with E-state index in [2.05, 4.69) is 129 Å². The number of allylic oxidation sites excluding steroid dienone is 14. The Kier molecular flexibility index (Phi) is 11.5. The number of hydrogen-bond donors (Lipinski definition) is 2. The summed E-state index contributed by atoms with van der Waals surface area (Å²) < 4.78 is 6.46. The number of aliphatic hydroxyl groups is 2. The molecule has 0 spiro atoms. The molecule has 0 aromatic rings. The Labute approximate surface area is 261 Å². The predicted molar refractivity (Wildman–Crippen MR) is 182 cm³/mol. The van der Waals surface area contributed by atoms with Gasteiger partial charge in [-0.3, -0.25) is 0 Å². The molecular formula is C40H54O3. The summed E-state index contributed by atoms with van der Waals surface area (Å²) in [4.78, 5) is 0. The molecule has 2 N–H and O–H groups in total. The quantitative estimate of drug-likeness (QED) is 0.179. The predicted octanol–water partition coefficient (Wildman–Crippen LogP) is 9.21. The monoisotopic (exact) mass is 582 g/mol. The molecule has 0 saturated heterocycles. The Balaban J connectivity index is 1.53. The van der Waals surface area contributed by atoms with Crippen LogP contribution in [0.15, 0.2) is 106 Å². The maximum atomic E-state index is 10.4. The van der Waals surface area contributed by atoms with Gasteiger partial charge in [-0.05, 0) is 89.0 Å². The van der Waals surface area contributed by atoms with Gasteiger partial charge in [0.25, 0.3) is 0 Å². The molecule has 2 aliphatic carbocycles. The zero-order valence-electron chi connectivity index (χ0n) is 28.2. The smallest absolute Gasteiger partial charge is 0.0982 e. The van der Waals surface area contributed by atoms with Gasteiger partial charge in [0.1, 0.15) is 0 Å². The first kappa shape index (κ1) is 34.6. The van der Waals surface area contributed by atoms with Gasteiger partial charge >= 0.3 is 0 Å². The molecule has 1 saturated carbocycles. The lowest BCUT2D eigenvalue weighted by Gasteiger charge is -2.44. The van der Waals surface area contributed by atoms with Crippen molar-refractivity contribution in [3.05, 3.63) is 106 Å². The molecule has 0 aromatic heterocycles. The van der Waals surface area contributed by atoms with E-state index in [9.17, 15) is 10.2 Å². The standard InChI is InChI=1S/C40H54O3/c1-28(17-13-18-30(3)21-22-35-32(5)23-33(41)25-38(35,6)7)15-11-12-16-29(2)19-14-20-31(4)36-24-37-39(8,9)26-34(42)27-40(37,10)43-36/h11-20,24,33-34,36,41-42H,23,25-27H2,1-10H3/b12-11+,17-13+,19-14+,28-15+,29-16+,30-18+,31-20+/t33-,34+,36-,40-/m0/s1. The van der Waals surface area contributed by atoms with Gasteiger partial charge in [-0.15, -0.1) is 0 Å². The van der Waals surface area contributed by atoms with Gasteiger partial charge < -0.3 is 14.9 Å². The molecule has 0 radical (unpaired) electrons. The van der Waals surface area contributed by atoms with Crippen LogP contribution in [0.25, 0.3) is 0 Å². The summed E-state index contributed by atoms with van der Waals surface area (Å²) in [7, 11) is 0. The van der Waals surface area contributed by atoms with Crippen molar-refractivity contribution in [3.8, 4) is 11.8 Å². The molecule has 232 valence electrons. The average Bonchev–Trinajstić information content (AvgIpc) is 3.23. The molecule has 0 unspecified atom stereocenters. The van der Waals surface area contributed by atoms with E-state index in [4.69, 9.17) is 4.74 Å². The number of hydrogen-bond acceptors (Lipinski definition) is 3. The minimum Gasteiger partial charge on any atom is -0.393 e. The van der Waals surface area contributed by atoms with Crippen LogP contribution in [0.1, 0.15) is 94.9 Å². The number of fused-ring (bicyclic) bond motifs is 1. The zero-order chi connectivity index (χ0) is 32.0. The van der Waals surface area contributed by atoms with Crippen LogP contribution < -0.4 is 0 Å². The fourth-order valence-corrected chi connectivity index (χ4v) is 6.84. The van der Waals surface area contributed by atoms with Crippen molar-refractivity contribution in [3.63, 3.8) is 0 Å². The van der Waals surface area contributed by atoms with Gasteiger partial charge in [-0.1, -0.05) is 117 Å². The maximum absolute atomic E-state index is 10.4. The van der Waals surface area contributed by atoms with Crippen molar-refractivity contribution < 1.29 is 14.9 Å². The van der Waals surface area contributed by atoms with E-state index in [0.29, 0.717) is 6.42 Å². The Morgan fingerprint density at radius 1 is 0.791 bits per heavy atom. The fraction of sp³-hybridized carbons (Fsp3) is 0.500. The maximum Gasteiger partial charge on any atom is 0.0982 e. The molecule has 43 heavy (non-hydrogen) atoms. The molecule has 3 nitrogen and oxygen atoms in total. The minimum absolute atomic E-state index is 0.0498. The zero-order valence-corrected chi connectivity index (χ0v) is 28.2. The van der Waals surface area contributed by atoms with Gasteiger partial charge in [0, 0.05) is 17.4 Å². The summed E-state index contributed by atoms with van der Waals surface area (Å²) in [5.74, 6) is 6.68. The third kappa shape index (κ3) is 9.54. The molecule has 0 bridgehead atoms. The SMILES string of the molecule is CC1=C(C#C/C(C)=C/C=C/C(C)=C/C=C/C=C(C)/C=C/C=C(\C)[C@@H]2C=C3C(C)(C)C[C@@H](O)C[C@]3(C)O2)C(C)(C)C[C@@H](O)C1. The van der Waals surface area contributed by atoms with Gasteiger partial charge in [0.2, 0.25) is 0 Å². The summed E-state index contributed by atoms with van der Waals surface area (Å²) >= 11 is 0. The summed E-state index contributed by atoms with van der Waals surface area (Å²) in [6, 6.07) is 0. The summed E-state index contributed by atoms with van der Waals surface area (Å²) in [6.45, 7) is 21.3. The van der Waals surface area contributed by atoms with E-state index >= 15 is 0 Å². The molecule has 1 fully saturated rings. The highest BCUT2D eigenvalue weighted by molar-refractivity contribution is 5.45. The van der Waals surface area contributed by atoms with Crippen LogP contribution in [-0.4, -0.2) is 34.1 Å². The van der Waals surface area contributed by atoms with Crippen LogP contribution >= 0.6 is 0 Å². The van der Waals surface area contributed by atoms with Crippen LogP contribution in [0, 0.1) is 22.7 Å². The second-order valence-corrected chi connectivity index (χ2v) is 14.3. The first-order chi connectivity index (χ1) is 20.0. The third-order valence-electron chi connectivity index (χ3n) is 8.85. The largest absolute Gasteiger partial charge is 0.393 e. The van der Waals surface area contributed by atoms with E-state index in [1.807, 2.05) is 19.1 Å². The Hall–Kier alpha value is -2.90. The van der Waals surface area contributed by atoms with Crippen molar-refractivity contribution in [1.82, 2.24) is 0 Å². The highest BCUT2D eigenvalue weighted by atomic mass is 16.5. The molecular weight excluding hydrogens is 528 g/mol. The summed E-state index contributed by atoms with van der Waals surface area (Å²) in [5.41, 5.74) is 7.67. The van der Waals surface area contributed by atoms with Crippen LogP contribution in [0.2, 0.25) is 0 Å². The van der Waals surface area contributed by atoms with Crippen LogP contribution in [0.5, 0.6) is 0 Å². The van der Waals surface area contributed by atoms with Crippen molar-refractivity contribution in [2.75, 3.05) is 0 Å². The molecule has 1 heterocycles. The highest BCUT2D eigenvalue weighted by Gasteiger charge is 2.50. The summed E-state index contributed by atoms with van der Waals surface area (Å²) in [5, 5.41) is 20.5. The van der Waals surface area contributed by atoms with E-state index in [-0.39, 0.29) is 34.7 Å².